The second-order valence-electron chi connectivity index (χ2n) is 7.66. The number of hydrogen-bond donors (Lipinski definition) is 1. The maximum absolute atomic E-state index is 13.8. The average Bonchev–Trinajstić information content (AvgIpc) is 3.49. The van der Waals surface area contributed by atoms with E-state index in [1.54, 1.807) is 0 Å². The summed E-state index contributed by atoms with van der Waals surface area (Å²) in [5.74, 6) is -2.55. The number of rotatable bonds is 8. The van der Waals surface area contributed by atoms with Gasteiger partial charge >= 0.3 is 5.97 Å². The molecule has 172 valence electrons. The molecule has 1 aliphatic rings. The summed E-state index contributed by atoms with van der Waals surface area (Å²) in [6, 6.07) is 11.0. The molecule has 0 bridgehead atoms. The number of carbonyl (C=O) groups is 2. The van der Waals surface area contributed by atoms with E-state index in [0.717, 1.165) is 30.9 Å². The number of hydrogen-bond acceptors (Lipinski definition) is 6. The van der Waals surface area contributed by atoms with Crippen LogP contribution in [0.4, 0.5) is 20.2 Å². The summed E-state index contributed by atoms with van der Waals surface area (Å²) in [4.78, 5) is 30.2. The van der Waals surface area contributed by atoms with E-state index in [-0.39, 0.29) is 30.1 Å². The van der Waals surface area contributed by atoms with Crippen molar-refractivity contribution in [2.24, 2.45) is 0 Å². The van der Waals surface area contributed by atoms with Crippen molar-refractivity contribution in [3.8, 4) is 11.3 Å². The van der Waals surface area contributed by atoms with Crippen LogP contribution in [0.3, 0.4) is 0 Å². The number of ether oxygens (including phenoxy) is 1. The molecule has 0 spiro atoms. The molecule has 9 heteroatoms. The van der Waals surface area contributed by atoms with Crippen molar-refractivity contribution < 1.29 is 27.5 Å². The summed E-state index contributed by atoms with van der Waals surface area (Å²) in [6.07, 6.45) is 3.53. The second-order valence-corrected chi connectivity index (χ2v) is 7.66. The van der Waals surface area contributed by atoms with Crippen LogP contribution in [0.15, 0.2) is 53.1 Å². The van der Waals surface area contributed by atoms with E-state index < -0.39 is 30.1 Å². The first-order chi connectivity index (χ1) is 16.0. The predicted octanol–water partition coefficient (Wildman–Crippen LogP) is 4.33. The van der Waals surface area contributed by atoms with Gasteiger partial charge in [0, 0.05) is 30.9 Å². The van der Waals surface area contributed by atoms with Crippen molar-refractivity contribution in [1.82, 2.24) is 4.98 Å². The summed E-state index contributed by atoms with van der Waals surface area (Å²) in [5.41, 5.74) is 1.42. The van der Waals surface area contributed by atoms with Crippen molar-refractivity contribution in [2.45, 2.75) is 25.7 Å². The number of amides is 1. The molecular formula is C24H23F2N3O4. The second kappa shape index (κ2) is 10.2. The maximum atomic E-state index is 13.8. The van der Waals surface area contributed by atoms with Gasteiger partial charge < -0.3 is 19.4 Å². The van der Waals surface area contributed by atoms with Crippen molar-refractivity contribution >= 4 is 23.3 Å². The third-order valence-electron chi connectivity index (χ3n) is 5.29. The zero-order chi connectivity index (χ0) is 23.2. The van der Waals surface area contributed by atoms with Crippen molar-refractivity contribution in [3.63, 3.8) is 0 Å². The fraction of sp³-hybridized carbons (Fsp3) is 0.292. The molecule has 7 nitrogen and oxygen atoms in total. The summed E-state index contributed by atoms with van der Waals surface area (Å²) in [5, 5.41) is 2.68. The molecule has 33 heavy (non-hydrogen) atoms. The quantitative estimate of drug-likeness (QED) is 0.509. The van der Waals surface area contributed by atoms with Gasteiger partial charge in [0.1, 0.15) is 11.6 Å². The first-order valence-electron chi connectivity index (χ1n) is 10.7. The number of carbonyl (C=O) groups excluding carboxylic acids is 2. The molecule has 0 saturated carbocycles. The van der Waals surface area contributed by atoms with Crippen LogP contribution in [-0.2, 0) is 20.7 Å². The van der Waals surface area contributed by atoms with Gasteiger partial charge in [-0.3, -0.25) is 9.59 Å². The molecule has 1 N–H and O–H groups in total. The fourth-order valence-electron chi connectivity index (χ4n) is 3.63. The van der Waals surface area contributed by atoms with Gasteiger partial charge in [0.15, 0.2) is 18.3 Å². The van der Waals surface area contributed by atoms with E-state index in [9.17, 15) is 18.4 Å². The Morgan fingerprint density at radius 1 is 1.06 bits per heavy atom. The Kier molecular flexibility index (Phi) is 6.97. The molecule has 0 unspecified atom stereocenters. The third-order valence-corrected chi connectivity index (χ3v) is 5.29. The molecule has 2 heterocycles. The Balaban J connectivity index is 1.21. The van der Waals surface area contributed by atoms with E-state index in [2.05, 4.69) is 15.2 Å². The van der Waals surface area contributed by atoms with E-state index in [0.29, 0.717) is 5.69 Å². The molecule has 4 rings (SSSR count). The normalized spacial score (nSPS) is 13.2. The Morgan fingerprint density at radius 2 is 1.76 bits per heavy atom. The SMILES string of the molecule is O=C(COC(=O)CCc1ncc(-c2c(F)cccc2F)o1)Nc1ccc(N2CCCC2)cc1. The highest BCUT2D eigenvalue weighted by Gasteiger charge is 2.17. The topological polar surface area (TPSA) is 84.7 Å². The largest absolute Gasteiger partial charge is 0.456 e. The molecular weight excluding hydrogens is 432 g/mol. The highest BCUT2D eigenvalue weighted by atomic mass is 19.1. The van der Waals surface area contributed by atoms with Crippen LogP contribution in [0.5, 0.6) is 0 Å². The van der Waals surface area contributed by atoms with Gasteiger partial charge in [-0.15, -0.1) is 0 Å². The lowest BCUT2D eigenvalue weighted by Crippen LogP contribution is -2.21. The minimum Gasteiger partial charge on any atom is -0.456 e. The first kappa shape index (κ1) is 22.4. The van der Waals surface area contributed by atoms with Crippen molar-refractivity contribution in [1.29, 1.82) is 0 Å². The summed E-state index contributed by atoms with van der Waals surface area (Å²) >= 11 is 0. The Labute approximate surface area is 189 Å². The third kappa shape index (κ3) is 5.74. The van der Waals surface area contributed by atoms with E-state index >= 15 is 0 Å². The monoisotopic (exact) mass is 455 g/mol. The van der Waals surface area contributed by atoms with Crippen LogP contribution in [0.25, 0.3) is 11.3 Å². The summed E-state index contributed by atoms with van der Waals surface area (Å²) < 4.78 is 38.0. The highest BCUT2D eigenvalue weighted by Crippen LogP contribution is 2.27. The number of anilines is 2. The van der Waals surface area contributed by atoms with Gasteiger partial charge in [-0.1, -0.05) is 6.07 Å². The lowest BCUT2D eigenvalue weighted by Gasteiger charge is -2.17. The van der Waals surface area contributed by atoms with Gasteiger partial charge in [-0.05, 0) is 49.2 Å². The van der Waals surface area contributed by atoms with Gasteiger partial charge in [-0.25, -0.2) is 13.8 Å². The minimum absolute atomic E-state index is 0.0640. The minimum atomic E-state index is -0.770. The standard InChI is InChI=1S/C24H23F2N3O4/c25-18-4-3-5-19(26)24(18)20-14-27-22(33-20)10-11-23(31)32-15-21(30)28-16-6-8-17(9-7-16)29-12-1-2-13-29/h3-9,14H,1-2,10-13,15H2,(H,28,30). The number of halogens is 2. The van der Waals surface area contributed by atoms with Crippen molar-refractivity contribution in [2.75, 3.05) is 29.9 Å². The zero-order valence-corrected chi connectivity index (χ0v) is 17.9. The lowest BCUT2D eigenvalue weighted by atomic mass is 10.1. The van der Waals surface area contributed by atoms with Gasteiger partial charge in [0.2, 0.25) is 0 Å². The van der Waals surface area contributed by atoms with Crippen molar-refractivity contribution in [3.05, 3.63) is 66.2 Å². The average molecular weight is 455 g/mol. The fourth-order valence-corrected chi connectivity index (χ4v) is 3.63. The zero-order valence-electron chi connectivity index (χ0n) is 17.9. The number of oxazole rings is 1. The Bertz CT molecular complexity index is 1100. The van der Waals surface area contributed by atoms with E-state index in [1.165, 1.54) is 25.1 Å². The van der Waals surface area contributed by atoms with Gasteiger partial charge in [0.05, 0.1) is 18.2 Å². The van der Waals surface area contributed by atoms with Crippen LogP contribution in [0.2, 0.25) is 0 Å². The molecule has 1 aliphatic heterocycles. The number of benzene rings is 2. The van der Waals surface area contributed by atoms with Crippen LogP contribution in [0, 0.1) is 11.6 Å². The summed E-state index contributed by atoms with van der Waals surface area (Å²) in [7, 11) is 0. The highest BCUT2D eigenvalue weighted by molar-refractivity contribution is 5.92. The van der Waals surface area contributed by atoms with Gasteiger partial charge in [0.25, 0.3) is 5.91 Å². The Morgan fingerprint density at radius 3 is 2.45 bits per heavy atom. The molecule has 2 aromatic carbocycles. The smallest absolute Gasteiger partial charge is 0.306 e. The van der Waals surface area contributed by atoms with Crippen LogP contribution in [-0.4, -0.2) is 36.6 Å². The molecule has 1 fully saturated rings. The molecule has 3 aromatic rings. The first-order valence-corrected chi connectivity index (χ1v) is 10.7. The van der Waals surface area contributed by atoms with Crippen LogP contribution in [0.1, 0.15) is 25.2 Å². The molecule has 1 amide bonds. The molecule has 0 atom stereocenters. The van der Waals surface area contributed by atoms with Crippen LogP contribution >= 0.6 is 0 Å². The molecule has 0 radical (unpaired) electrons. The Hall–Kier alpha value is -3.75. The number of esters is 1. The number of aryl methyl sites for hydroxylation is 1. The van der Waals surface area contributed by atoms with Crippen LogP contribution < -0.4 is 10.2 Å². The summed E-state index contributed by atoms with van der Waals surface area (Å²) in [6.45, 7) is 1.65. The van der Waals surface area contributed by atoms with Gasteiger partial charge in [-0.2, -0.15) is 0 Å². The van der Waals surface area contributed by atoms with E-state index in [1.807, 2.05) is 24.3 Å². The molecule has 1 saturated heterocycles. The predicted molar refractivity (Wildman–Crippen MR) is 118 cm³/mol. The lowest BCUT2D eigenvalue weighted by molar-refractivity contribution is -0.147. The molecule has 0 aliphatic carbocycles. The number of nitrogens with zero attached hydrogens (tertiary/aromatic N) is 2. The molecule has 1 aromatic heterocycles. The van der Waals surface area contributed by atoms with E-state index in [4.69, 9.17) is 9.15 Å². The maximum Gasteiger partial charge on any atom is 0.306 e. The number of nitrogens with one attached hydrogen (secondary N) is 1. The number of aromatic nitrogens is 1.